The highest BCUT2D eigenvalue weighted by Gasteiger charge is 2.19. The van der Waals surface area contributed by atoms with Crippen molar-refractivity contribution in [3.63, 3.8) is 0 Å². The summed E-state index contributed by atoms with van der Waals surface area (Å²) in [7, 11) is 3.56. The number of likely N-dealkylation sites (N-methyl/N-ethyl adjacent to an activating group) is 1. The van der Waals surface area contributed by atoms with E-state index in [1.807, 2.05) is 24.3 Å². The molecule has 0 aliphatic carbocycles. The van der Waals surface area contributed by atoms with Crippen molar-refractivity contribution in [3.05, 3.63) is 29.8 Å². The van der Waals surface area contributed by atoms with E-state index in [9.17, 15) is 9.59 Å². The van der Waals surface area contributed by atoms with Crippen molar-refractivity contribution in [1.29, 1.82) is 0 Å². The van der Waals surface area contributed by atoms with Gasteiger partial charge in [0, 0.05) is 32.9 Å². The molecule has 1 aliphatic heterocycles. The normalized spacial score (nSPS) is 16.3. The minimum atomic E-state index is 0.0158. The van der Waals surface area contributed by atoms with Crippen LogP contribution < -0.4 is 5.32 Å². The number of carbonyl (C=O) groups is 2. The van der Waals surface area contributed by atoms with Crippen LogP contribution in [0.5, 0.6) is 0 Å². The average molecular weight is 346 g/mol. The van der Waals surface area contributed by atoms with E-state index in [0.29, 0.717) is 13.1 Å². The van der Waals surface area contributed by atoms with Crippen molar-refractivity contribution in [2.24, 2.45) is 0 Å². The SMILES string of the molecule is CCc1ccc(NC(=O)CN2CCCN(CC(=O)N(C)C)CC2)cc1. The first-order chi connectivity index (χ1) is 12.0. The lowest BCUT2D eigenvalue weighted by Gasteiger charge is -2.22. The molecule has 1 aromatic carbocycles. The summed E-state index contributed by atoms with van der Waals surface area (Å²) in [6.07, 6.45) is 1.97. The lowest BCUT2D eigenvalue weighted by molar-refractivity contribution is -0.129. The molecule has 0 bridgehead atoms. The van der Waals surface area contributed by atoms with Gasteiger partial charge >= 0.3 is 0 Å². The second-order valence-electron chi connectivity index (χ2n) is 6.79. The van der Waals surface area contributed by atoms with Gasteiger partial charge in [-0.3, -0.25) is 19.4 Å². The number of hydrogen-bond donors (Lipinski definition) is 1. The molecule has 1 fully saturated rings. The molecule has 1 N–H and O–H groups in total. The highest BCUT2D eigenvalue weighted by Crippen LogP contribution is 2.10. The number of benzene rings is 1. The molecule has 0 spiro atoms. The van der Waals surface area contributed by atoms with Crippen molar-refractivity contribution in [2.75, 3.05) is 58.7 Å². The third-order valence-corrected chi connectivity index (χ3v) is 4.55. The molecule has 0 aromatic heterocycles. The predicted molar refractivity (Wildman–Crippen MR) is 101 cm³/mol. The minimum absolute atomic E-state index is 0.0158. The summed E-state index contributed by atoms with van der Waals surface area (Å²) >= 11 is 0. The second kappa shape index (κ2) is 9.53. The second-order valence-corrected chi connectivity index (χ2v) is 6.79. The molecule has 0 atom stereocenters. The fraction of sp³-hybridized carbons (Fsp3) is 0.579. The molecule has 1 heterocycles. The van der Waals surface area contributed by atoms with Gasteiger partial charge in [0.05, 0.1) is 13.1 Å². The Hall–Kier alpha value is -1.92. The monoisotopic (exact) mass is 346 g/mol. The Morgan fingerprint density at radius 2 is 1.60 bits per heavy atom. The Morgan fingerprint density at radius 3 is 2.16 bits per heavy atom. The van der Waals surface area contributed by atoms with Crippen LogP contribution in [0.15, 0.2) is 24.3 Å². The van der Waals surface area contributed by atoms with Crippen molar-refractivity contribution in [2.45, 2.75) is 19.8 Å². The van der Waals surface area contributed by atoms with Crippen molar-refractivity contribution in [1.82, 2.24) is 14.7 Å². The van der Waals surface area contributed by atoms with Crippen LogP contribution in [-0.4, -0.2) is 79.9 Å². The Balaban J connectivity index is 1.78. The van der Waals surface area contributed by atoms with Crippen LogP contribution in [0.4, 0.5) is 5.69 Å². The van der Waals surface area contributed by atoms with Crippen LogP contribution in [0, 0.1) is 0 Å². The summed E-state index contributed by atoms with van der Waals surface area (Å²) in [5.41, 5.74) is 2.10. The molecule has 25 heavy (non-hydrogen) atoms. The molecule has 1 saturated heterocycles. The number of aryl methyl sites for hydroxylation is 1. The molecule has 6 nitrogen and oxygen atoms in total. The van der Waals surface area contributed by atoms with Crippen molar-refractivity contribution >= 4 is 17.5 Å². The highest BCUT2D eigenvalue weighted by molar-refractivity contribution is 5.92. The Labute approximate surface area is 150 Å². The van der Waals surface area contributed by atoms with E-state index in [0.717, 1.165) is 44.7 Å². The summed E-state index contributed by atoms with van der Waals surface area (Å²) in [4.78, 5) is 30.1. The van der Waals surface area contributed by atoms with E-state index in [2.05, 4.69) is 22.0 Å². The largest absolute Gasteiger partial charge is 0.348 e. The molecule has 2 rings (SSSR count). The molecular formula is C19H30N4O2. The van der Waals surface area contributed by atoms with Crippen LogP contribution in [-0.2, 0) is 16.0 Å². The molecule has 1 aliphatic rings. The summed E-state index contributed by atoms with van der Waals surface area (Å²) in [6.45, 7) is 6.37. The zero-order valence-electron chi connectivity index (χ0n) is 15.6. The number of rotatable bonds is 6. The number of amides is 2. The van der Waals surface area contributed by atoms with Gasteiger partial charge in [0.25, 0.3) is 0 Å². The van der Waals surface area contributed by atoms with Gasteiger partial charge in [-0.25, -0.2) is 0 Å². The van der Waals surface area contributed by atoms with E-state index in [1.54, 1.807) is 19.0 Å². The fourth-order valence-corrected chi connectivity index (χ4v) is 2.90. The number of anilines is 1. The summed E-state index contributed by atoms with van der Waals surface area (Å²) in [5, 5.41) is 2.96. The third kappa shape index (κ3) is 6.48. The smallest absolute Gasteiger partial charge is 0.238 e. The fourth-order valence-electron chi connectivity index (χ4n) is 2.90. The minimum Gasteiger partial charge on any atom is -0.348 e. The molecule has 0 radical (unpaired) electrons. The van der Waals surface area contributed by atoms with Gasteiger partial charge in [-0.1, -0.05) is 19.1 Å². The molecule has 138 valence electrons. The van der Waals surface area contributed by atoms with Gasteiger partial charge in [0.2, 0.25) is 11.8 Å². The van der Waals surface area contributed by atoms with Gasteiger partial charge < -0.3 is 10.2 Å². The maximum Gasteiger partial charge on any atom is 0.238 e. The van der Waals surface area contributed by atoms with Gasteiger partial charge in [-0.2, -0.15) is 0 Å². The third-order valence-electron chi connectivity index (χ3n) is 4.55. The van der Waals surface area contributed by atoms with E-state index in [1.165, 1.54) is 5.56 Å². The van der Waals surface area contributed by atoms with Crippen molar-refractivity contribution in [3.8, 4) is 0 Å². The lowest BCUT2D eigenvalue weighted by atomic mass is 10.1. The quantitative estimate of drug-likeness (QED) is 0.843. The molecule has 1 aromatic rings. The number of hydrogen-bond acceptors (Lipinski definition) is 4. The van der Waals surface area contributed by atoms with E-state index < -0.39 is 0 Å². The first-order valence-electron chi connectivity index (χ1n) is 9.01. The van der Waals surface area contributed by atoms with Gasteiger partial charge in [0.15, 0.2) is 0 Å². The maximum atomic E-state index is 12.3. The van der Waals surface area contributed by atoms with Gasteiger partial charge in [-0.05, 0) is 43.6 Å². The van der Waals surface area contributed by atoms with Crippen LogP contribution in [0.1, 0.15) is 18.9 Å². The number of nitrogens with zero attached hydrogens (tertiary/aromatic N) is 3. The Kier molecular flexibility index (Phi) is 7.40. The van der Waals surface area contributed by atoms with Crippen molar-refractivity contribution < 1.29 is 9.59 Å². The summed E-state index contributed by atoms with van der Waals surface area (Å²) in [6, 6.07) is 7.99. The zero-order chi connectivity index (χ0) is 18.2. The average Bonchev–Trinajstić information content (AvgIpc) is 2.80. The highest BCUT2D eigenvalue weighted by atomic mass is 16.2. The predicted octanol–water partition coefficient (Wildman–Crippen LogP) is 1.28. The van der Waals surface area contributed by atoms with E-state index in [-0.39, 0.29) is 11.8 Å². The lowest BCUT2D eigenvalue weighted by Crippen LogP contribution is -2.39. The topological polar surface area (TPSA) is 55.9 Å². The van der Waals surface area contributed by atoms with Crippen LogP contribution in [0.25, 0.3) is 0 Å². The Bertz CT molecular complexity index is 571. The Morgan fingerprint density at radius 1 is 1.00 bits per heavy atom. The van der Waals surface area contributed by atoms with Gasteiger partial charge in [0.1, 0.15) is 0 Å². The molecule has 2 amide bonds. The molecule has 0 saturated carbocycles. The summed E-state index contributed by atoms with van der Waals surface area (Å²) in [5.74, 6) is 0.142. The van der Waals surface area contributed by atoms with Gasteiger partial charge in [-0.15, -0.1) is 0 Å². The molecular weight excluding hydrogens is 316 g/mol. The maximum absolute atomic E-state index is 12.3. The molecule has 6 heteroatoms. The standard InChI is InChI=1S/C19H30N4O2/c1-4-16-6-8-17(9-7-16)20-18(24)14-22-10-5-11-23(13-12-22)15-19(25)21(2)3/h6-9H,4-5,10-15H2,1-3H3,(H,20,24). The zero-order valence-corrected chi connectivity index (χ0v) is 15.6. The van der Waals surface area contributed by atoms with Crippen LogP contribution in [0.3, 0.4) is 0 Å². The number of carbonyl (C=O) groups excluding carboxylic acids is 2. The van der Waals surface area contributed by atoms with Crippen LogP contribution >= 0.6 is 0 Å². The van der Waals surface area contributed by atoms with E-state index >= 15 is 0 Å². The summed E-state index contributed by atoms with van der Waals surface area (Å²) < 4.78 is 0. The first-order valence-corrected chi connectivity index (χ1v) is 9.01. The molecule has 0 unspecified atom stereocenters. The first kappa shape index (κ1) is 19.4. The van der Waals surface area contributed by atoms with E-state index in [4.69, 9.17) is 0 Å². The van der Waals surface area contributed by atoms with Crippen LogP contribution in [0.2, 0.25) is 0 Å². The number of nitrogens with one attached hydrogen (secondary N) is 1.